The predicted octanol–water partition coefficient (Wildman–Crippen LogP) is 1.68. The Bertz CT molecular complexity index is 920. The number of carbonyl (C=O) groups excluding carboxylic acids is 1. The first-order chi connectivity index (χ1) is 14.1. The topological polar surface area (TPSA) is 87.4 Å². The van der Waals surface area contributed by atoms with Gasteiger partial charge in [-0.1, -0.05) is 6.92 Å². The summed E-state index contributed by atoms with van der Waals surface area (Å²) in [4.78, 5) is 29.2. The molecule has 2 aromatic heterocycles. The maximum atomic E-state index is 11.8. The van der Waals surface area contributed by atoms with Gasteiger partial charge in [-0.25, -0.2) is 9.97 Å². The van der Waals surface area contributed by atoms with Gasteiger partial charge in [0.05, 0.1) is 11.9 Å². The molecule has 7 nitrogen and oxygen atoms in total. The van der Waals surface area contributed by atoms with Gasteiger partial charge < -0.3 is 16.0 Å². The van der Waals surface area contributed by atoms with Crippen molar-refractivity contribution in [2.45, 2.75) is 51.6 Å². The van der Waals surface area contributed by atoms with Gasteiger partial charge in [0.25, 0.3) is 0 Å². The van der Waals surface area contributed by atoms with E-state index in [2.05, 4.69) is 22.0 Å². The molecule has 1 aliphatic carbocycles. The number of piperidine rings is 1. The highest BCUT2D eigenvalue weighted by atomic mass is 32.1. The Morgan fingerprint density at radius 3 is 2.86 bits per heavy atom. The van der Waals surface area contributed by atoms with E-state index in [1.54, 1.807) is 0 Å². The van der Waals surface area contributed by atoms with E-state index in [1.807, 2.05) is 11.3 Å². The van der Waals surface area contributed by atoms with Gasteiger partial charge in [-0.15, -0.1) is 11.3 Å². The molecule has 29 heavy (non-hydrogen) atoms. The van der Waals surface area contributed by atoms with Crippen LogP contribution in [0.25, 0.3) is 10.2 Å². The number of rotatable bonds is 4. The minimum atomic E-state index is -0.326. The standard InChI is InChI=1S/C21H30N6OS/c1-13-5-8-26(9-6-13)12-17-24-20(27-10-7-23-15(11-27)19(22)28)18-14-3-2-4-16(14)29-21(18)25-17/h13,15,23H,2-12H2,1H3,(H2,22,28)/t15-/m0/s1. The van der Waals surface area contributed by atoms with Crippen molar-refractivity contribution < 1.29 is 4.79 Å². The number of fused-ring (bicyclic) bond motifs is 3. The molecular formula is C21H30N6OS. The van der Waals surface area contributed by atoms with Crippen molar-refractivity contribution >= 4 is 33.3 Å². The van der Waals surface area contributed by atoms with Crippen molar-refractivity contribution in [2.75, 3.05) is 37.6 Å². The molecule has 1 atom stereocenters. The zero-order valence-corrected chi connectivity index (χ0v) is 17.9. The van der Waals surface area contributed by atoms with Gasteiger partial charge in [0.2, 0.25) is 5.91 Å². The summed E-state index contributed by atoms with van der Waals surface area (Å²) in [5.41, 5.74) is 7.03. The Hall–Kier alpha value is -1.77. The number of primary amides is 1. The summed E-state index contributed by atoms with van der Waals surface area (Å²) in [6, 6.07) is -0.326. The van der Waals surface area contributed by atoms with Crippen molar-refractivity contribution in [3.63, 3.8) is 0 Å². The number of nitrogens with zero attached hydrogens (tertiary/aromatic N) is 4. The van der Waals surface area contributed by atoms with Crippen molar-refractivity contribution in [1.82, 2.24) is 20.2 Å². The van der Waals surface area contributed by atoms with Crippen LogP contribution in [0.3, 0.4) is 0 Å². The molecule has 1 amide bonds. The lowest BCUT2D eigenvalue weighted by molar-refractivity contribution is -0.120. The van der Waals surface area contributed by atoms with E-state index in [4.69, 9.17) is 15.7 Å². The molecule has 2 aromatic rings. The monoisotopic (exact) mass is 414 g/mol. The molecule has 8 heteroatoms. The number of likely N-dealkylation sites (tertiary alicyclic amines) is 1. The Kier molecular flexibility index (Phi) is 5.17. The largest absolute Gasteiger partial charge is 0.368 e. The highest BCUT2D eigenvalue weighted by Crippen LogP contribution is 2.41. The number of hydrogen-bond acceptors (Lipinski definition) is 7. The summed E-state index contributed by atoms with van der Waals surface area (Å²) in [7, 11) is 0. The average Bonchev–Trinajstić information content (AvgIpc) is 3.30. The quantitative estimate of drug-likeness (QED) is 0.791. The number of piperazine rings is 1. The molecule has 0 unspecified atom stereocenters. The Labute approximate surface area is 175 Å². The fraction of sp³-hybridized carbons (Fsp3) is 0.667. The van der Waals surface area contributed by atoms with Crippen molar-refractivity contribution in [3.05, 3.63) is 16.3 Å². The summed E-state index contributed by atoms with van der Waals surface area (Å²) in [5, 5.41) is 4.46. The third kappa shape index (κ3) is 3.73. The molecule has 2 saturated heterocycles. The smallest absolute Gasteiger partial charge is 0.236 e. The van der Waals surface area contributed by atoms with E-state index in [1.165, 1.54) is 35.1 Å². The lowest BCUT2D eigenvalue weighted by atomic mass is 9.99. The van der Waals surface area contributed by atoms with E-state index >= 15 is 0 Å². The molecule has 2 aliphatic heterocycles. The average molecular weight is 415 g/mol. The van der Waals surface area contributed by atoms with E-state index in [-0.39, 0.29) is 11.9 Å². The van der Waals surface area contributed by atoms with Crippen molar-refractivity contribution in [3.8, 4) is 0 Å². The number of anilines is 1. The third-order valence-electron chi connectivity index (χ3n) is 6.65. The minimum absolute atomic E-state index is 0.293. The molecule has 0 aromatic carbocycles. The number of nitrogens with one attached hydrogen (secondary N) is 1. The fourth-order valence-corrected chi connectivity index (χ4v) is 6.15. The molecule has 3 N–H and O–H groups in total. The van der Waals surface area contributed by atoms with Crippen LogP contribution in [0.5, 0.6) is 0 Å². The number of amides is 1. The number of hydrogen-bond donors (Lipinski definition) is 2. The second-order valence-electron chi connectivity index (χ2n) is 8.81. The van der Waals surface area contributed by atoms with E-state index in [0.29, 0.717) is 6.54 Å². The van der Waals surface area contributed by atoms with Crippen LogP contribution >= 0.6 is 11.3 Å². The molecular weight excluding hydrogens is 384 g/mol. The van der Waals surface area contributed by atoms with Gasteiger partial charge >= 0.3 is 0 Å². The van der Waals surface area contributed by atoms with Gasteiger partial charge in [0, 0.05) is 24.5 Å². The summed E-state index contributed by atoms with van der Waals surface area (Å²) in [6.45, 7) is 7.54. The molecule has 156 valence electrons. The lowest BCUT2D eigenvalue weighted by Crippen LogP contribution is -2.56. The number of thiophene rings is 1. The first-order valence-electron chi connectivity index (χ1n) is 10.9. The summed E-state index contributed by atoms with van der Waals surface area (Å²) in [5.74, 6) is 2.45. The van der Waals surface area contributed by atoms with E-state index < -0.39 is 0 Å². The number of carbonyl (C=O) groups is 1. The van der Waals surface area contributed by atoms with Gasteiger partial charge in [-0.2, -0.15) is 0 Å². The van der Waals surface area contributed by atoms with Gasteiger partial charge in [-0.05, 0) is 56.7 Å². The minimum Gasteiger partial charge on any atom is -0.368 e. The van der Waals surface area contributed by atoms with Crippen LogP contribution in [0.2, 0.25) is 0 Å². The maximum Gasteiger partial charge on any atom is 0.236 e. The second-order valence-corrected chi connectivity index (χ2v) is 9.90. The Morgan fingerprint density at radius 2 is 2.07 bits per heavy atom. The summed E-state index contributed by atoms with van der Waals surface area (Å²) in [6.07, 6.45) is 5.98. The molecule has 5 rings (SSSR count). The first kappa shape index (κ1) is 19.2. The maximum absolute atomic E-state index is 11.8. The number of aryl methyl sites for hydroxylation is 2. The zero-order valence-electron chi connectivity index (χ0n) is 17.1. The first-order valence-corrected chi connectivity index (χ1v) is 11.7. The number of aromatic nitrogens is 2. The number of nitrogens with two attached hydrogens (primary N) is 1. The second kappa shape index (κ2) is 7.81. The van der Waals surface area contributed by atoms with Crippen LogP contribution in [0.15, 0.2) is 0 Å². The normalized spacial score (nSPS) is 23.6. The van der Waals surface area contributed by atoms with Crippen molar-refractivity contribution in [1.29, 1.82) is 0 Å². The molecule has 0 spiro atoms. The summed E-state index contributed by atoms with van der Waals surface area (Å²) < 4.78 is 0. The van der Waals surface area contributed by atoms with Gasteiger partial charge in [-0.3, -0.25) is 9.69 Å². The highest BCUT2D eigenvalue weighted by molar-refractivity contribution is 7.19. The third-order valence-corrected chi connectivity index (χ3v) is 7.84. The predicted molar refractivity (Wildman–Crippen MR) is 116 cm³/mol. The van der Waals surface area contributed by atoms with Crippen LogP contribution < -0.4 is 16.0 Å². The molecule has 2 fully saturated rings. The Morgan fingerprint density at radius 1 is 1.24 bits per heavy atom. The highest BCUT2D eigenvalue weighted by Gasteiger charge is 2.29. The van der Waals surface area contributed by atoms with Crippen LogP contribution in [0.1, 0.15) is 42.5 Å². The summed E-state index contributed by atoms with van der Waals surface area (Å²) >= 11 is 1.84. The van der Waals surface area contributed by atoms with Gasteiger partial charge in [0.15, 0.2) is 0 Å². The molecule has 4 heterocycles. The lowest BCUT2D eigenvalue weighted by Gasteiger charge is -2.34. The zero-order chi connectivity index (χ0) is 20.0. The van der Waals surface area contributed by atoms with Crippen LogP contribution in [0, 0.1) is 5.92 Å². The fourth-order valence-electron chi connectivity index (χ4n) is 4.87. The van der Waals surface area contributed by atoms with Crippen molar-refractivity contribution in [2.24, 2.45) is 11.7 Å². The molecule has 3 aliphatic rings. The molecule has 0 saturated carbocycles. The van der Waals surface area contributed by atoms with Crippen LogP contribution in [-0.4, -0.2) is 59.5 Å². The van der Waals surface area contributed by atoms with E-state index in [9.17, 15) is 4.79 Å². The van der Waals surface area contributed by atoms with E-state index in [0.717, 1.165) is 68.0 Å². The van der Waals surface area contributed by atoms with Crippen LogP contribution in [-0.2, 0) is 24.2 Å². The molecule has 0 bridgehead atoms. The Balaban J connectivity index is 1.50. The molecule has 0 radical (unpaired) electrons. The SMILES string of the molecule is CC1CCN(Cc2nc(N3CCN[C@H](C(N)=O)C3)c3c4c(sc3n2)CCC4)CC1. The van der Waals surface area contributed by atoms with Crippen LogP contribution in [0.4, 0.5) is 5.82 Å². The van der Waals surface area contributed by atoms with Gasteiger partial charge in [0.1, 0.15) is 22.5 Å².